The van der Waals surface area contributed by atoms with E-state index in [-0.39, 0.29) is 17.9 Å². The molecule has 2 N–H and O–H groups in total. The van der Waals surface area contributed by atoms with Crippen molar-refractivity contribution in [2.75, 3.05) is 39.2 Å². The van der Waals surface area contributed by atoms with E-state index >= 15 is 0 Å². The van der Waals surface area contributed by atoms with E-state index in [1.54, 1.807) is 38.5 Å². The standard InChI is InChI=1S/C25H31N3O5/c1-32-20-7-5-6-17(14-20)25(31)27-12-10-18(11-13-27)28-16-19(29)15-22(28)24(30)26-21-8-3-4-9-23(21)33-2/h3-9,14,18-19,22,29H,10-13,15-16H2,1-2H3,(H,26,30)/t19-,22+/m1/s1. The molecule has 2 atom stereocenters. The van der Waals surface area contributed by atoms with Crippen LogP contribution in [0.15, 0.2) is 48.5 Å². The van der Waals surface area contributed by atoms with Crippen molar-refractivity contribution in [3.63, 3.8) is 0 Å². The summed E-state index contributed by atoms with van der Waals surface area (Å²) >= 11 is 0. The number of piperidine rings is 1. The van der Waals surface area contributed by atoms with Gasteiger partial charge in [-0.3, -0.25) is 14.5 Å². The van der Waals surface area contributed by atoms with E-state index in [9.17, 15) is 14.7 Å². The van der Waals surface area contributed by atoms with E-state index in [1.165, 1.54) is 0 Å². The molecule has 2 amide bonds. The highest BCUT2D eigenvalue weighted by Gasteiger charge is 2.41. The molecular weight excluding hydrogens is 422 g/mol. The number of benzene rings is 2. The van der Waals surface area contributed by atoms with Gasteiger partial charge in [0.15, 0.2) is 0 Å². The van der Waals surface area contributed by atoms with Gasteiger partial charge >= 0.3 is 0 Å². The summed E-state index contributed by atoms with van der Waals surface area (Å²) in [5, 5.41) is 13.3. The quantitative estimate of drug-likeness (QED) is 0.698. The van der Waals surface area contributed by atoms with Gasteiger partial charge in [0.1, 0.15) is 11.5 Å². The second-order valence-electron chi connectivity index (χ2n) is 8.55. The molecule has 2 aromatic rings. The summed E-state index contributed by atoms with van der Waals surface area (Å²) in [6.45, 7) is 1.67. The second-order valence-corrected chi connectivity index (χ2v) is 8.55. The molecule has 0 saturated carbocycles. The number of hydrogen-bond donors (Lipinski definition) is 2. The zero-order valence-corrected chi connectivity index (χ0v) is 19.1. The topological polar surface area (TPSA) is 91.3 Å². The van der Waals surface area contributed by atoms with E-state index in [0.717, 1.165) is 12.8 Å². The third kappa shape index (κ3) is 5.12. The monoisotopic (exact) mass is 453 g/mol. The Morgan fingerprint density at radius 2 is 1.79 bits per heavy atom. The summed E-state index contributed by atoms with van der Waals surface area (Å²) in [6, 6.07) is 14.2. The Morgan fingerprint density at radius 3 is 2.52 bits per heavy atom. The van der Waals surface area contributed by atoms with Gasteiger partial charge in [-0.05, 0) is 49.6 Å². The summed E-state index contributed by atoms with van der Waals surface area (Å²) < 4.78 is 10.6. The Hall–Kier alpha value is -3.10. The maximum absolute atomic E-state index is 13.1. The summed E-state index contributed by atoms with van der Waals surface area (Å²) in [5.41, 5.74) is 1.23. The average molecular weight is 454 g/mol. The molecule has 2 saturated heterocycles. The maximum atomic E-state index is 13.1. The predicted octanol–water partition coefficient (Wildman–Crippen LogP) is 2.38. The molecule has 8 heteroatoms. The number of β-amino-alcohol motifs (C(OH)–C–C–N with tert-alkyl or cyclic N) is 1. The van der Waals surface area contributed by atoms with Crippen LogP contribution < -0.4 is 14.8 Å². The molecule has 4 rings (SSSR count). The number of methoxy groups -OCH3 is 2. The molecule has 0 bridgehead atoms. The smallest absolute Gasteiger partial charge is 0.253 e. The lowest BCUT2D eigenvalue weighted by atomic mass is 10.0. The first-order valence-corrected chi connectivity index (χ1v) is 11.3. The number of nitrogens with one attached hydrogen (secondary N) is 1. The van der Waals surface area contributed by atoms with Gasteiger partial charge in [-0.2, -0.15) is 0 Å². The number of hydrogen-bond acceptors (Lipinski definition) is 6. The minimum atomic E-state index is -0.546. The van der Waals surface area contributed by atoms with E-state index in [0.29, 0.717) is 48.8 Å². The van der Waals surface area contributed by atoms with E-state index in [2.05, 4.69) is 10.2 Å². The van der Waals surface area contributed by atoms with Crippen LogP contribution in [0.25, 0.3) is 0 Å². The molecule has 176 valence electrons. The average Bonchev–Trinajstić information content (AvgIpc) is 3.26. The number of aliphatic hydroxyl groups excluding tert-OH is 1. The van der Waals surface area contributed by atoms with Crippen LogP contribution in [0.1, 0.15) is 29.6 Å². The number of ether oxygens (including phenoxy) is 2. The van der Waals surface area contributed by atoms with Crippen LogP contribution in [-0.2, 0) is 4.79 Å². The van der Waals surface area contributed by atoms with E-state index in [1.807, 2.05) is 29.2 Å². The highest BCUT2D eigenvalue weighted by atomic mass is 16.5. The van der Waals surface area contributed by atoms with Crippen molar-refractivity contribution in [3.05, 3.63) is 54.1 Å². The molecule has 2 aliphatic heterocycles. The summed E-state index contributed by atoms with van der Waals surface area (Å²) in [5.74, 6) is 1.09. The first kappa shape index (κ1) is 23.1. The van der Waals surface area contributed by atoms with Crippen LogP contribution in [0.2, 0.25) is 0 Å². The Morgan fingerprint density at radius 1 is 1.03 bits per heavy atom. The molecule has 0 radical (unpaired) electrons. The van der Waals surface area contributed by atoms with Crippen molar-refractivity contribution < 1.29 is 24.2 Å². The van der Waals surface area contributed by atoms with Crippen molar-refractivity contribution in [3.8, 4) is 11.5 Å². The van der Waals surface area contributed by atoms with E-state index < -0.39 is 12.1 Å². The van der Waals surface area contributed by atoms with E-state index in [4.69, 9.17) is 9.47 Å². The van der Waals surface area contributed by atoms with Crippen molar-refractivity contribution >= 4 is 17.5 Å². The third-order valence-electron chi connectivity index (χ3n) is 6.52. The summed E-state index contributed by atoms with van der Waals surface area (Å²) in [7, 11) is 3.15. The Kier molecular flexibility index (Phi) is 7.15. The highest BCUT2D eigenvalue weighted by Crippen LogP contribution is 2.29. The molecule has 2 aliphatic rings. The summed E-state index contributed by atoms with van der Waals surface area (Å²) in [4.78, 5) is 30.0. The van der Waals surface area contributed by atoms with Gasteiger partial charge in [-0.1, -0.05) is 18.2 Å². The lowest BCUT2D eigenvalue weighted by Crippen LogP contribution is -2.51. The van der Waals surface area contributed by atoms with Crippen LogP contribution in [0.3, 0.4) is 0 Å². The number of anilines is 1. The van der Waals surface area contributed by atoms with Gasteiger partial charge < -0.3 is 24.8 Å². The van der Waals surface area contributed by atoms with Crippen LogP contribution in [0.5, 0.6) is 11.5 Å². The fraction of sp³-hybridized carbons (Fsp3) is 0.440. The van der Waals surface area contributed by atoms with Gasteiger partial charge in [0.25, 0.3) is 5.91 Å². The first-order chi connectivity index (χ1) is 16.0. The molecule has 2 fully saturated rings. The summed E-state index contributed by atoms with van der Waals surface area (Å²) in [6.07, 6.45) is 1.35. The number of amides is 2. The molecule has 0 unspecified atom stereocenters. The maximum Gasteiger partial charge on any atom is 0.253 e. The highest BCUT2D eigenvalue weighted by molar-refractivity contribution is 5.96. The van der Waals surface area contributed by atoms with Gasteiger partial charge in [0, 0.05) is 31.2 Å². The minimum Gasteiger partial charge on any atom is -0.497 e. The fourth-order valence-electron chi connectivity index (χ4n) is 4.80. The van der Waals surface area contributed by atoms with Crippen LogP contribution in [0, 0.1) is 0 Å². The Bertz CT molecular complexity index is 990. The normalized spacial score (nSPS) is 21.6. The van der Waals surface area contributed by atoms with Crippen molar-refractivity contribution in [1.29, 1.82) is 0 Å². The second kappa shape index (κ2) is 10.2. The predicted molar refractivity (Wildman–Crippen MR) is 125 cm³/mol. The zero-order valence-electron chi connectivity index (χ0n) is 19.1. The Balaban J connectivity index is 1.39. The van der Waals surface area contributed by atoms with Crippen LogP contribution >= 0.6 is 0 Å². The fourth-order valence-corrected chi connectivity index (χ4v) is 4.80. The van der Waals surface area contributed by atoms with Crippen LogP contribution in [-0.4, -0.2) is 78.8 Å². The lowest BCUT2D eigenvalue weighted by molar-refractivity contribution is -0.121. The van der Waals surface area contributed by atoms with Gasteiger partial charge in [-0.15, -0.1) is 0 Å². The molecular formula is C25H31N3O5. The molecule has 0 aromatic heterocycles. The number of para-hydroxylation sites is 2. The van der Waals surface area contributed by atoms with Gasteiger partial charge in [0.2, 0.25) is 5.91 Å². The molecule has 2 aromatic carbocycles. The third-order valence-corrected chi connectivity index (χ3v) is 6.52. The number of aliphatic hydroxyl groups is 1. The number of carbonyl (C=O) groups is 2. The SMILES string of the molecule is COc1cccc(C(=O)N2CCC(N3C[C@H](O)C[C@H]3C(=O)Nc3ccccc3OC)CC2)c1. The van der Waals surface area contributed by atoms with Crippen molar-refractivity contribution in [2.45, 2.75) is 37.5 Å². The Labute approximate surface area is 194 Å². The molecule has 0 spiro atoms. The number of rotatable bonds is 6. The first-order valence-electron chi connectivity index (χ1n) is 11.3. The minimum absolute atomic E-state index is 0.0146. The number of nitrogens with zero attached hydrogens (tertiary/aromatic N) is 2. The zero-order chi connectivity index (χ0) is 23.4. The van der Waals surface area contributed by atoms with Gasteiger partial charge in [0.05, 0.1) is 32.1 Å². The molecule has 0 aliphatic carbocycles. The molecule has 8 nitrogen and oxygen atoms in total. The van der Waals surface area contributed by atoms with Crippen molar-refractivity contribution in [2.24, 2.45) is 0 Å². The van der Waals surface area contributed by atoms with Crippen LogP contribution in [0.4, 0.5) is 5.69 Å². The van der Waals surface area contributed by atoms with Gasteiger partial charge in [-0.25, -0.2) is 0 Å². The van der Waals surface area contributed by atoms with Crippen molar-refractivity contribution in [1.82, 2.24) is 9.80 Å². The largest absolute Gasteiger partial charge is 0.497 e. The lowest BCUT2D eigenvalue weighted by Gasteiger charge is -2.39. The number of carbonyl (C=O) groups excluding carboxylic acids is 2. The number of likely N-dealkylation sites (tertiary alicyclic amines) is 2. The molecule has 33 heavy (non-hydrogen) atoms. The molecule has 2 heterocycles.